The zero-order valence-corrected chi connectivity index (χ0v) is 38.4. The predicted octanol–water partition coefficient (Wildman–Crippen LogP) is 18.3. The number of thiophene rings is 1. The number of nitrogens with zero attached hydrogens (tertiary/aromatic N) is 1. The van der Waals surface area contributed by atoms with Gasteiger partial charge in [0.05, 0.1) is 5.69 Å². The Bertz CT molecular complexity index is 3750. The molecule has 0 fully saturated rings. The van der Waals surface area contributed by atoms with Crippen molar-refractivity contribution in [3.05, 3.63) is 235 Å². The van der Waals surface area contributed by atoms with E-state index in [1.54, 1.807) is 0 Å². The van der Waals surface area contributed by atoms with Crippen LogP contribution < -0.4 is 4.90 Å². The van der Waals surface area contributed by atoms with Crippen LogP contribution >= 0.6 is 11.3 Å². The van der Waals surface area contributed by atoms with Crippen molar-refractivity contribution in [3.8, 4) is 55.6 Å². The number of fused-ring (bicyclic) bond motifs is 11. The number of hydrogen-bond donors (Lipinski definition) is 0. The molecule has 0 unspecified atom stereocenters. The lowest BCUT2D eigenvalue weighted by Crippen LogP contribution is -2.16. The predicted molar refractivity (Wildman–Crippen MR) is 283 cm³/mol. The molecule has 0 saturated heterocycles. The molecule has 0 radical (unpaired) electrons. The molecule has 0 bridgehead atoms. The zero-order valence-electron chi connectivity index (χ0n) is 37.6. The number of hydrogen-bond acceptors (Lipinski definition) is 2. The Labute approximate surface area is 390 Å². The molecule has 1 nitrogen and oxygen atoms in total. The number of para-hydroxylation sites is 1. The highest BCUT2D eigenvalue weighted by Crippen LogP contribution is 2.54. The van der Waals surface area contributed by atoms with Crippen molar-refractivity contribution < 1.29 is 0 Å². The molecule has 2 aliphatic carbocycles. The Morgan fingerprint density at radius 2 is 0.924 bits per heavy atom. The molecule has 10 aromatic carbocycles. The first-order chi connectivity index (χ1) is 32.3. The number of benzene rings is 10. The summed E-state index contributed by atoms with van der Waals surface area (Å²) in [6.45, 7) is 9.47. The van der Waals surface area contributed by atoms with E-state index in [0.717, 1.165) is 17.1 Å². The molecule has 66 heavy (non-hydrogen) atoms. The summed E-state index contributed by atoms with van der Waals surface area (Å²) in [4.78, 5) is 2.46. The fourth-order valence-electron chi connectivity index (χ4n) is 11.7. The molecule has 0 aliphatic heterocycles. The van der Waals surface area contributed by atoms with Gasteiger partial charge in [0.2, 0.25) is 0 Å². The molecular weight excluding hydrogens is 815 g/mol. The normalized spacial score (nSPS) is 14.0. The van der Waals surface area contributed by atoms with Crippen molar-refractivity contribution in [3.63, 3.8) is 0 Å². The first kappa shape index (κ1) is 38.9. The third-order valence-electron chi connectivity index (χ3n) is 14.9. The van der Waals surface area contributed by atoms with Crippen LogP contribution in [0.25, 0.3) is 86.6 Å². The van der Waals surface area contributed by atoms with Crippen LogP contribution in [0, 0.1) is 0 Å². The highest BCUT2D eigenvalue weighted by atomic mass is 32.1. The quantitative estimate of drug-likeness (QED) is 0.161. The summed E-state index contributed by atoms with van der Waals surface area (Å²) in [5.41, 5.74) is 21.6. The van der Waals surface area contributed by atoms with E-state index in [1.165, 1.54) is 109 Å². The molecule has 0 spiro atoms. The lowest BCUT2D eigenvalue weighted by molar-refractivity contribution is 0.660. The fourth-order valence-corrected chi connectivity index (χ4v) is 12.9. The lowest BCUT2D eigenvalue weighted by Gasteiger charge is -2.29. The Kier molecular flexibility index (Phi) is 8.54. The number of anilines is 3. The van der Waals surface area contributed by atoms with Crippen LogP contribution in [0.1, 0.15) is 49.9 Å². The monoisotopic (exact) mass is 861 g/mol. The summed E-state index contributed by atoms with van der Waals surface area (Å²) < 4.78 is 2.64. The lowest BCUT2D eigenvalue weighted by atomic mass is 9.79. The van der Waals surface area contributed by atoms with Crippen molar-refractivity contribution in [2.75, 3.05) is 4.90 Å². The Morgan fingerprint density at radius 1 is 0.364 bits per heavy atom. The second-order valence-corrected chi connectivity index (χ2v) is 20.3. The summed E-state index contributed by atoms with van der Waals surface area (Å²) in [6.07, 6.45) is 0. The minimum atomic E-state index is -0.106. The van der Waals surface area contributed by atoms with Gasteiger partial charge >= 0.3 is 0 Å². The van der Waals surface area contributed by atoms with Crippen molar-refractivity contribution in [1.82, 2.24) is 0 Å². The summed E-state index contributed by atoms with van der Waals surface area (Å²) in [5.74, 6) is 0. The Hall–Kier alpha value is -7.52. The molecule has 0 N–H and O–H groups in total. The van der Waals surface area contributed by atoms with Crippen LogP contribution in [-0.4, -0.2) is 0 Å². The summed E-state index contributed by atoms with van der Waals surface area (Å²) >= 11 is 1.90. The van der Waals surface area contributed by atoms with E-state index in [2.05, 4.69) is 245 Å². The van der Waals surface area contributed by atoms with Crippen molar-refractivity contribution in [2.45, 2.75) is 38.5 Å². The first-order valence-corrected chi connectivity index (χ1v) is 24.0. The molecule has 0 saturated carbocycles. The Balaban J connectivity index is 0.958. The van der Waals surface area contributed by atoms with Gasteiger partial charge in [-0.05, 0) is 126 Å². The smallest absolute Gasteiger partial charge is 0.0540 e. The van der Waals surface area contributed by atoms with E-state index in [9.17, 15) is 0 Å². The average Bonchev–Trinajstić information content (AvgIpc) is 3.95. The molecule has 314 valence electrons. The van der Waals surface area contributed by atoms with Gasteiger partial charge in [-0.15, -0.1) is 11.3 Å². The molecule has 11 aromatic rings. The van der Waals surface area contributed by atoms with Crippen LogP contribution in [0.15, 0.2) is 212 Å². The van der Waals surface area contributed by atoms with Gasteiger partial charge in [-0.25, -0.2) is 0 Å². The molecule has 1 heterocycles. The van der Waals surface area contributed by atoms with Crippen LogP contribution in [-0.2, 0) is 10.8 Å². The highest BCUT2D eigenvalue weighted by molar-refractivity contribution is 7.26. The van der Waals surface area contributed by atoms with E-state index in [1.807, 2.05) is 11.3 Å². The van der Waals surface area contributed by atoms with Crippen molar-refractivity contribution in [2.24, 2.45) is 0 Å². The molecule has 2 aliphatic rings. The van der Waals surface area contributed by atoms with E-state index in [4.69, 9.17) is 0 Å². The first-order valence-electron chi connectivity index (χ1n) is 23.2. The van der Waals surface area contributed by atoms with Gasteiger partial charge in [0.1, 0.15) is 0 Å². The van der Waals surface area contributed by atoms with Crippen LogP contribution in [0.3, 0.4) is 0 Å². The maximum absolute atomic E-state index is 2.46. The average molecular weight is 862 g/mol. The van der Waals surface area contributed by atoms with Gasteiger partial charge in [0, 0.05) is 47.9 Å². The van der Waals surface area contributed by atoms with E-state index >= 15 is 0 Å². The van der Waals surface area contributed by atoms with E-state index in [-0.39, 0.29) is 10.8 Å². The number of rotatable bonds is 6. The highest BCUT2D eigenvalue weighted by Gasteiger charge is 2.38. The fraction of sp³-hybridized carbons (Fsp3) is 0.0938. The van der Waals surface area contributed by atoms with Crippen LogP contribution in [0.2, 0.25) is 0 Å². The summed E-state index contributed by atoms with van der Waals surface area (Å²) in [6, 6.07) is 79.4. The maximum atomic E-state index is 2.46. The largest absolute Gasteiger partial charge is 0.310 e. The molecule has 1 aromatic heterocycles. The van der Waals surface area contributed by atoms with Gasteiger partial charge in [0.25, 0.3) is 0 Å². The third kappa shape index (κ3) is 5.71. The standard InChI is InChI=1S/C64H47NS/c1-63(2)55-23-10-7-17-48(55)50-37-32-43(39-57(50)63)40-27-33-44(34-28-40)65(45-35-29-42(30-36-45)46-20-13-22-53-49-18-8-11-24-56(49)64(3,4)61(46)53)58-25-12-9-19-51(58)52-21-14-26-59-60(52)54-38-31-41-15-5-6-16-47(41)62(54)66-59/h5-39H,1-4H3. The van der Waals surface area contributed by atoms with Crippen molar-refractivity contribution >= 4 is 59.3 Å². The van der Waals surface area contributed by atoms with Crippen LogP contribution in [0.5, 0.6) is 0 Å². The minimum absolute atomic E-state index is 0.0577. The summed E-state index contributed by atoms with van der Waals surface area (Å²) in [5, 5.41) is 5.20. The second-order valence-electron chi connectivity index (χ2n) is 19.2. The molecule has 0 amide bonds. The van der Waals surface area contributed by atoms with E-state index < -0.39 is 0 Å². The molecule has 2 heteroatoms. The summed E-state index contributed by atoms with van der Waals surface area (Å²) in [7, 11) is 0. The van der Waals surface area contributed by atoms with Gasteiger partial charge in [-0.3, -0.25) is 0 Å². The topological polar surface area (TPSA) is 3.24 Å². The van der Waals surface area contributed by atoms with Gasteiger partial charge < -0.3 is 4.90 Å². The maximum Gasteiger partial charge on any atom is 0.0540 e. The van der Waals surface area contributed by atoms with Crippen molar-refractivity contribution in [1.29, 1.82) is 0 Å². The minimum Gasteiger partial charge on any atom is -0.310 e. The van der Waals surface area contributed by atoms with E-state index in [0.29, 0.717) is 0 Å². The van der Waals surface area contributed by atoms with Gasteiger partial charge in [0.15, 0.2) is 0 Å². The van der Waals surface area contributed by atoms with Crippen LogP contribution in [0.4, 0.5) is 17.1 Å². The second kappa shape index (κ2) is 14.5. The molecular formula is C64H47NS. The third-order valence-corrected chi connectivity index (χ3v) is 16.1. The SMILES string of the molecule is CC1(C)c2ccccc2-c2ccc(-c3ccc(N(c4ccc(-c5cccc6c5C(C)(C)c5ccccc5-6)cc4)c4ccccc4-c4cccc5sc6c7ccccc7ccc6c45)cc3)cc21. The van der Waals surface area contributed by atoms with Gasteiger partial charge in [-0.1, -0.05) is 198 Å². The Morgan fingerprint density at radius 3 is 1.70 bits per heavy atom. The zero-order chi connectivity index (χ0) is 44.3. The molecule has 13 rings (SSSR count). The molecule has 0 atom stereocenters. The van der Waals surface area contributed by atoms with Gasteiger partial charge in [-0.2, -0.15) is 0 Å².